The van der Waals surface area contributed by atoms with E-state index >= 15 is 0 Å². The Balaban J connectivity index is 1.32. The fraction of sp³-hybridized carbons (Fsp3) is 0.629. The Hall–Kier alpha value is -2.77. The quantitative estimate of drug-likeness (QED) is 0.0715. The molecule has 1 atom stereocenters. The SMILES string of the molecule is CCCCCCCC/C=C\CCCCCCCCOC(C)(C)[C@@H](O)COc1c2ccoc2c(OC)c2oc(=O)ccc12. The molecule has 234 valence electrons. The van der Waals surface area contributed by atoms with Crippen molar-refractivity contribution in [3.8, 4) is 11.5 Å². The molecule has 0 aliphatic rings. The first-order valence-electron chi connectivity index (χ1n) is 16.0. The van der Waals surface area contributed by atoms with E-state index in [1.54, 1.807) is 12.1 Å². The summed E-state index contributed by atoms with van der Waals surface area (Å²) in [4.78, 5) is 11.9. The molecule has 0 saturated heterocycles. The van der Waals surface area contributed by atoms with Gasteiger partial charge < -0.3 is 28.2 Å². The summed E-state index contributed by atoms with van der Waals surface area (Å²) < 4.78 is 28.6. The minimum atomic E-state index is -0.874. The molecule has 1 aromatic carbocycles. The van der Waals surface area contributed by atoms with Gasteiger partial charge >= 0.3 is 5.63 Å². The molecule has 0 spiro atoms. The molecule has 42 heavy (non-hydrogen) atoms. The third kappa shape index (κ3) is 10.2. The van der Waals surface area contributed by atoms with E-state index in [0.717, 1.165) is 12.8 Å². The molecule has 0 radical (unpaired) electrons. The topological polar surface area (TPSA) is 91.3 Å². The Labute approximate surface area is 251 Å². The van der Waals surface area contributed by atoms with Gasteiger partial charge in [0.25, 0.3) is 0 Å². The van der Waals surface area contributed by atoms with E-state index < -0.39 is 17.3 Å². The summed E-state index contributed by atoms with van der Waals surface area (Å²) in [6.45, 7) is 6.61. The molecule has 3 aromatic rings. The van der Waals surface area contributed by atoms with Crippen LogP contribution in [0, 0.1) is 0 Å². The first-order valence-corrected chi connectivity index (χ1v) is 16.0. The van der Waals surface area contributed by atoms with Crippen LogP contribution in [0.3, 0.4) is 0 Å². The zero-order valence-electron chi connectivity index (χ0n) is 26.3. The first kappa shape index (κ1) is 33.7. The molecule has 0 fully saturated rings. The molecule has 0 saturated carbocycles. The lowest BCUT2D eigenvalue weighted by atomic mass is 10.0. The summed E-state index contributed by atoms with van der Waals surface area (Å²) >= 11 is 0. The molecule has 2 aromatic heterocycles. The average molecular weight is 585 g/mol. The molecule has 0 amide bonds. The Morgan fingerprint density at radius 3 is 2.12 bits per heavy atom. The zero-order valence-corrected chi connectivity index (χ0v) is 26.3. The van der Waals surface area contributed by atoms with Crippen LogP contribution in [0.25, 0.3) is 21.9 Å². The summed E-state index contributed by atoms with van der Waals surface area (Å²) in [6, 6.07) is 4.73. The Morgan fingerprint density at radius 2 is 1.45 bits per heavy atom. The van der Waals surface area contributed by atoms with E-state index in [2.05, 4.69) is 19.1 Å². The number of fused-ring (bicyclic) bond motifs is 2. The second kappa shape index (κ2) is 18.0. The van der Waals surface area contributed by atoms with Gasteiger partial charge in [-0.25, -0.2) is 4.79 Å². The summed E-state index contributed by atoms with van der Waals surface area (Å²) in [5.74, 6) is 0.788. The number of hydrogen-bond acceptors (Lipinski definition) is 7. The molecule has 0 aliphatic heterocycles. The van der Waals surface area contributed by atoms with Crippen molar-refractivity contribution in [1.82, 2.24) is 0 Å². The normalized spacial score (nSPS) is 13.0. The van der Waals surface area contributed by atoms with E-state index in [-0.39, 0.29) is 12.2 Å². The van der Waals surface area contributed by atoms with Crippen LogP contribution in [0.2, 0.25) is 0 Å². The number of benzene rings is 1. The van der Waals surface area contributed by atoms with E-state index in [9.17, 15) is 9.90 Å². The van der Waals surface area contributed by atoms with Gasteiger partial charge in [-0.2, -0.15) is 0 Å². The Morgan fingerprint density at radius 1 is 0.833 bits per heavy atom. The molecule has 0 bridgehead atoms. The standard InChI is InChI=1S/C35H52O7/c1-5-6-7-8-9-10-11-12-13-14-15-16-17-18-19-20-24-41-35(2,3)29(36)26-40-31-27-21-22-30(37)42-33(27)34(38-4)32-28(31)23-25-39-32/h12-13,21-23,25,29,36H,5-11,14-20,24,26H2,1-4H3/b13-12-/t29-/m0/s1. The summed E-state index contributed by atoms with van der Waals surface area (Å²) in [5, 5.41) is 12.2. The number of methoxy groups -OCH3 is 1. The van der Waals surface area contributed by atoms with E-state index in [1.165, 1.54) is 96.5 Å². The van der Waals surface area contributed by atoms with Crippen molar-refractivity contribution in [2.24, 2.45) is 0 Å². The van der Waals surface area contributed by atoms with Crippen molar-refractivity contribution in [2.75, 3.05) is 20.3 Å². The number of hydrogen-bond donors (Lipinski definition) is 1. The van der Waals surface area contributed by atoms with Crippen LogP contribution < -0.4 is 15.1 Å². The molecule has 0 unspecified atom stereocenters. The van der Waals surface area contributed by atoms with Crippen LogP contribution in [-0.2, 0) is 4.74 Å². The van der Waals surface area contributed by atoms with Gasteiger partial charge in [0.1, 0.15) is 18.5 Å². The molecule has 3 rings (SSSR count). The van der Waals surface area contributed by atoms with Crippen molar-refractivity contribution in [1.29, 1.82) is 0 Å². The highest BCUT2D eigenvalue weighted by atomic mass is 16.5. The number of allylic oxidation sites excluding steroid dienone is 2. The van der Waals surface area contributed by atoms with Gasteiger partial charge in [0.15, 0.2) is 11.2 Å². The highest BCUT2D eigenvalue weighted by Gasteiger charge is 2.30. The van der Waals surface area contributed by atoms with Crippen LogP contribution in [0.5, 0.6) is 11.5 Å². The molecule has 7 heteroatoms. The number of ether oxygens (including phenoxy) is 3. The molecular weight excluding hydrogens is 532 g/mol. The molecule has 7 nitrogen and oxygen atoms in total. The molecule has 0 aliphatic carbocycles. The highest BCUT2D eigenvalue weighted by Crippen LogP contribution is 2.42. The van der Waals surface area contributed by atoms with E-state index in [0.29, 0.717) is 34.5 Å². The monoisotopic (exact) mass is 584 g/mol. The van der Waals surface area contributed by atoms with Gasteiger partial charge in [-0.05, 0) is 58.1 Å². The van der Waals surface area contributed by atoms with Crippen LogP contribution in [-0.4, -0.2) is 37.1 Å². The van der Waals surface area contributed by atoms with Crippen molar-refractivity contribution in [2.45, 2.75) is 122 Å². The van der Waals surface area contributed by atoms with Crippen molar-refractivity contribution in [3.63, 3.8) is 0 Å². The second-order valence-electron chi connectivity index (χ2n) is 11.7. The molecular formula is C35H52O7. The maximum absolute atomic E-state index is 11.9. The molecule has 2 heterocycles. The first-order chi connectivity index (χ1) is 20.4. The fourth-order valence-corrected chi connectivity index (χ4v) is 5.16. The third-order valence-electron chi connectivity index (χ3n) is 7.92. The largest absolute Gasteiger partial charge is 0.490 e. The van der Waals surface area contributed by atoms with Gasteiger partial charge in [0.05, 0.1) is 29.7 Å². The maximum Gasteiger partial charge on any atom is 0.336 e. The number of unbranched alkanes of at least 4 members (excludes halogenated alkanes) is 12. The lowest BCUT2D eigenvalue weighted by Gasteiger charge is -2.31. The van der Waals surface area contributed by atoms with Crippen LogP contribution in [0.4, 0.5) is 0 Å². The van der Waals surface area contributed by atoms with Gasteiger partial charge in [0.2, 0.25) is 5.75 Å². The minimum Gasteiger partial charge on any atom is -0.490 e. The van der Waals surface area contributed by atoms with Crippen molar-refractivity contribution in [3.05, 3.63) is 47.0 Å². The van der Waals surface area contributed by atoms with Gasteiger partial charge in [0, 0.05) is 12.7 Å². The second-order valence-corrected chi connectivity index (χ2v) is 11.7. The smallest absolute Gasteiger partial charge is 0.336 e. The lowest BCUT2D eigenvalue weighted by Crippen LogP contribution is -2.43. The Kier molecular flexibility index (Phi) is 14.5. The van der Waals surface area contributed by atoms with Crippen LogP contribution in [0.15, 0.2) is 50.2 Å². The predicted octanol–water partition coefficient (Wildman–Crippen LogP) is 9.12. The van der Waals surface area contributed by atoms with E-state index in [4.69, 9.17) is 23.0 Å². The number of rotatable bonds is 22. The van der Waals surface area contributed by atoms with Gasteiger partial charge in [-0.15, -0.1) is 0 Å². The molecule has 1 N–H and O–H groups in total. The highest BCUT2D eigenvalue weighted by molar-refractivity contribution is 6.06. The van der Waals surface area contributed by atoms with Gasteiger partial charge in [-0.1, -0.05) is 76.9 Å². The predicted molar refractivity (Wildman–Crippen MR) is 170 cm³/mol. The third-order valence-corrected chi connectivity index (χ3v) is 7.92. The van der Waals surface area contributed by atoms with Gasteiger partial charge in [-0.3, -0.25) is 0 Å². The van der Waals surface area contributed by atoms with E-state index in [1.807, 2.05) is 13.8 Å². The number of aliphatic hydroxyl groups is 1. The lowest BCUT2D eigenvalue weighted by molar-refractivity contribution is -0.112. The fourth-order valence-electron chi connectivity index (χ4n) is 5.16. The number of furan rings is 1. The van der Waals surface area contributed by atoms with Crippen LogP contribution >= 0.6 is 0 Å². The van der Waals surface area contributed by atoms with Crippen LogP contribution in [0.1, 0.15) is 111 Å². The van der Waals surface area contributed by atoms with Crippen molar-refractivity contribution < 1.29 is 28.2 Å². The summed E-state index contributed by atoms with van der Waals surface area (Å²) in [6.07, 6.45) is 23.1. The summed E-state index contributed by atoms with van der Waals surface area (Å²) in [7, 11) is 1.49. The minimum absolute atomic E-state index is 0.00123. The number of aliphatic hydroxyl groups excluding tert-OH is 1. The maximum atomic E-state index is 11.9. The van der Waals surface area contributed by atoms with Crippen molar-refractivity contribution >= 4 is 21.9 Å². The zero-order chi connectivity index (χ0) is 30.2. The average Bonchev–Trinajstić information content (AvgIpc) is 3.46. The Bertz CT molecular complexity index is 1270. The summed E-state index contributed by atoms with van der Waals surface area (Å²) in [5.41, 5.74) is -0.628.